The molecule has 2 aromatic rings. The number of hydrogen-bond acceptors (Lipinski definition) is 3. The van der Waals surface area contributed by atoms with Gasteiger partial charge in [-0.25, -0.2) is 18.7 Å². The summed E-state index contributed by atoms with van der Waals surface area (Å²) in [5.74, 6) is -2.59. The van der Waals surface area contributed by atoms with E-state index in [1.807, 2.05) is 0 Å². The van der Waals surface area contributed by atoms with Crippen LogP contribution in [0.4, 0.5) is 8.78 Å². The molecule has 0 saturated carbocycles. The van der Waals surface area contributed by atoms with Gasteiger partial charge in [-0.15, -0.1) is 0 Å². The third-order valence-corrected chi connectivity index (χ3v) is 2.73. The van der Waals surface area contributed by atoms with Crippen molar-refractivity contribution < 1.29 is 13.5 Å². The zero-order valence-corrected chi connectivity index (χ0v) is 11.1. The van der Waals surface area contributed by atoms with E-state index in [0.29, 0.717) is 17.1 Å². The van der Waals surface area contributed by atoms with Gasteiger partial charge in [0.1, 0.15) is 5.15 Å². The molecular weight excluding hydrogens is 274 g/mol. The molecule has 19 heavy (non-hydrogen) atoms. The zero-order valence-electron chi connectivity index (χ0n) is 10.3. The number of halogens is 3. The summed E-state index contributed by atoms with van der Waals surface area (Å²) < 4.78 is 31.7. The third kappa shape index (κ3) is 3.17. The van der Waals surface area contributed by atoms with Gasteiger partial charge in [-0.05, 0) is 18.2 Å². The van der Waals surface area contributed by atoms with Crippen LogP contribution in [0.1, 0.15) is 12.5 Å². The lowest BCUT2D eigenvalue weighted by molar-refractivity contribution is 0.0174. The normalized spacial score (nSPS) is 11.4. The molecule has 0 spiro atoms. The van der Waals surface area contributed by atoms with Crippen molar-refractivity contribution in [3.05, 3.63) is 41.2 Å². The first-order valence-electron chi connectivity index (χ1n) is 5.46. The van der Waals surface area contributed by atoms with Gasteiger partial charge in [0.2, 0.25) is 5.88 Å². The van der Waals surface area contributed by atoms with E-state index >= 15 is 0 Å². The predicted octanol–water partition coefficient (Wildman–Crippen LogP) is 3.92. The molecule has 0 saturated heterocycles. The van der Waals surface area contributed by atoms with Gasteiger partial charge >= 0.3 is 0 Å². The number of pyridine rings is 2. The number of ether oxygens (including phenoxy) is 1. The molecule has 2 rings (SSSR count). The molecule has 0 unspecified atom stereocenters. The van der Waals surface area contributed by atoms with Crippen molar-refractivity contribution in [2.24, 2.45) is 0 Å². The van der Waals surface area contributed by atoms with Gasteiger partial charge in [-0.1, -0.05) is 11.6 Å². The highest BCUT2D eigenvalue weighted by Crippen LogP contribution is 2.32. The Morgan fingerprint density at radius 1 is 1.26 bits per heavy atom. The number of methoxy groups -OCH3 is 1. The van der Waals surface area contributed by atoms with Crippen LogP contribution in [0, 0.1) is 0 Å². The van der Waals surface area contributed by atoms with Gasteiger partial charge in [0.15, 0.2) is 0 Å². The minimum atomic E-state index is -2.97. The van der Waals surface area contributed by atoms with Crippen LogP contribution in [0.3, 0.4) is 0 Å². The van der Waals surface area contributed by atoms with Gasteiger partial charge in [0.05, 0.1) is 12.8 Å². The van der Waals surface area contributed by atoms with Crippen LogP contribution in [-0.2, 0) is 5.92 Å². The minimum absolute atomic E-state index is 0.0183. The van der Waals surface area contributed by atoms with Gasteiger partial charge in [-0.2, -0.15) is 0 Å². The highest BCUT2D eigenvalue weighted by Gasteiger charge is 2.25. The van der Waals surface area contributed by atoms with Gasteiger partial charge < -0.3 is 4.74 Å². The van der Waals surface area contributed by atoms with Crippen LogP contribution < -0.4 is 4.74 Å². The summed E-state index contributed by atoms with van der Waals surface area (Å²) in [5, 5.41) is 0.0183. The Kier molecular flexibility index (Phi) is 3.66. The molecule has 0 aliphatic carbocycles. The Bertz CT molecular complexity index is 599. The highest BCUT2D eigenvalue weighted by atomic mass is 35.5. The van der Waals surface area contributed by atoms with Crippen LogP contribution in [0.25, 0.3) is 11.3 Å². The number of aromatic nitrogens is 2. The Balaban J connectivity index is 2.53. The van der Waals surface area contributed by atoms with E-state index in [9.17, 15) is 8.78 Å². The molecule has 100 valence electrons. The smallest absolute Gasteiger partial charge is 0.270 e. The molecule has 0 atom stereocenters. The first kappa shape index (κ1) is 13.7. The molecular formula is C13H11ClF2N2O. The molecule has 0 amide bonds. The van der Waals surface area contributed by atoms with E-state index in [1.54, 1.807) is 12.1 Å². The summed E-state index contributed by atoms with van der Waals surface area (Å²) in [5.41, 5.74) is 0.780. The standard InChI is InChI=1S/C13H11ClF2N2O/c1-13(15,16)9-6-10(18-11(14)7-9)8-3-4-17-12(5-8)19-2/h3-7H,1-2H3. The van der Waals surface area contributed by atoms with Crippen molar-refractivity contribution in [2.45, 2.75) is 12.8 Å². The average Bonchev–Trinajstić information content (AvgIpc) is 2.37. The topological polar surface area (TPSA) is 35.0 Å². The van der Waals surface area contributed by atoms with Crippen molar-refractivity contribution in [1.82, 2.24) is 9.97 Å². The van der Waals surface area contributed by atoms with Crippen molar-refractivity contribution in [1.29, 1.82) is 0 Å². The summed E-state index contributed by atoms with van der Waals surface area (Å²) in [6, 6.07) is 5.72. The summed E-state index contributed by atoms with van der Waals surface area (Å²) >= 11 is 5.79. The predicted molar refractivity (Wildman–Crippen MR) is 68.6 cm³/mol. The van der Waals surface area contributed by atoms with Crippen LogP contribution in [-0.4, -0.2) is 17.1 Å². The molecule has 0 N–H and O–H groups in total. The molecule has 0 aromatic carbocycles. The van der Waals surface area contributed by atoms with E-state index in [2.05, 4.69) is 9.97 Å². The fourth-order valence-corrected chi connectivity index (χ4v) is 1.79. The number of alkyl halides is 2. The van der Waals surface area contributed by atoms with E-state index in [4.69, 9.17) is 16.3 Å². The molecule has 0 aliphatic rings. The van der Waals surface area contributed by atoms with Crippen LogP contribution in [0.15, 0.2) is 30.5 Å². The number of hydrogen-bond donors (Lipinski definition) is 0. The quantitative estimate of drug-likeness (QED) is 0.801. The minimum Gasteiger partial charge on any atom is -0.481 e. The van der Waals surface area contributed by atoms with Crippen LogP contribution >= 0.6 is 11.6 Å². The van der Waals surface area contributed by atoms with E-state index in [0.717, 1.165) is 13.0 Å². The van der Waals surface area contributed by atoms with Crippen molar-refractivity contribution in [3.63, 3.8) is 0 Å². The fourth-order valence-electron chi connectivity index (χ4n) is 1.58. The first-order chi connectivity index (χ1) is 8.90. The number of nitrogens with zero attached hydrogens (tertiary/aromatic N) is 2. The maximum atomic E-state index is 13.4. The second-order valence-corrected chi connectivity index (χ2v) is 4.43. The van der Waals surface area contributed by atoms with Gasteiger partial charge in [0.25, 0.3) is 5.92 Å². The summed E-state index contributed by atoms with van der Waals surface area (Å²) in [6.45, 7) is 0.815. The summed E-state index contributed by atoms with van der Waals surface area (Å²) in [6.07, 6.45) is 1.51. The van der Waals surface area contributed by atoms with E-state index in [-0.39, 0.29) is 10.7 Å². The Labute approximate surface area is 114 Å². The molecule has 0 radical (unpaired) electrons. The second kappa shape index (κ2) is 5.09. The van der Waals surface area contributed by atoms with E-state index < -0.39 is 5.92 Å². The Morgan fingerprint density at radius 3 is 2.63 bits per heavy atom. The monoisotopic (exact) mass is 284 g/mol. The van der Waals surface area contributed by atoms with Crippen LogP contribution in [0.2, 0.25) is 5.15 Å². The SMILES string of the molecule is COc1cc(-c2cc(C(C)(F)F)cc(Cl)n2)ccn1. The first-order valence-corrected chi connectivity index (χ1v) is 5.84. The molecule has 2 aromatic heterocycles. The van der Waals surface area contributed by atoms with Crippen LogP contribution in [0.5, 0.6) is 5.88 Å². The highest BCUT2D eigenvalue weighted by molar-refractivity contribution is 6.29. The molecule has 6 heteroatoms. The number of rotatable bonds is 3. The Morgan fingerprint density at radius 2 is 2.00 bits per heavy atom. The van der Waals surface area contributed by atoms with Crippen molar-refractivity contribution in [2.75, 3.05) is 7.11 Å². The summed E-state index contributed by atoms with van der Waals surface area (Å²) in [4.78, 5) is 7.99. The average molecular weight is 285 g/mol. The van der Waals surface area contributed by atoms with Gasteiger partial charge in [-0.3, -0.25) is 0 Å². The molecule has 0 bridgehead atoms. The maximum Gasteiger partial charge on any atom is 0.270 e. The molecule has 0 fully saturated rings. The third-order valence-electron chi connectivity index (χ3n) is 2.54. The maximum absolute atomic E-state index is 13.4. The Hall–Kier alpha value is -1.75. The largest absolute Gasteiger partial charge is 0.481 e. The molecule has 2 heterocycles. The van der Waals surface area contributed by atoms with Gasteiger partial charge in [0, 0.05) is 30.3 Å². The molecule has 3 nitrogen and oxygen atoms in total. The fraction of sp³-hybridized carbons (Fsp3) is 0.231. The lowest BCUT2D eigenvalue weighted by Crippen LogP contribution is -2.07. The van der Waals surface area contributed by atoms with Crippen molar-refractivity contribution >= 4 is 11.6 Å². The lowest BCUT2D eigenvalue weighted by Gasteiger charge is -2.12. The van der Waals surface area contributed by atoms with E-state index in [1.165, 1.54) is 19.4 Å². The molecule has 0 aliphatic heterocycles. The zero-order chi connectivity index (χ0) is 14.0. The van der Waals surface area contributed by atoms with Crippen molar-refractivity contribution in [3.8, 4) is 17.1 Å². The second-order valence-electron chi connectivity index (χ2n) is 4.04. The lowest BCUT2D eigenvalue weighted by atomic mass is 10.1. The summed E-state index contributed by atoms with van der Waals surface area (Å²) in [7, 11) is 1.48.